The van der Waals surface area contributed by atoms with Crippen LogP contribution in [0.4, 0.5) is 0 Å². The first-order valence-electron chi connectivity index (χ1n) is 8.71. The lowest BCUT2D eigenvalue weighted by atomic mass is 10.1. The number of nitrogens with zero attached hydrogens (tertiary/aromatic N) is 2. The van der Waals surface area contributed by atoms with Crippen LogP contribution >= 0.6 is 12.2 Å². The monoisotopic (exact) mass is 382 g/mol. The summed E-state index contributed by atoms with van der Waals surface area (Å²) in [6.07, 6.45) is 0. The number of rotatable bonds is 7. The molecule has 140 valence electrons. The lowest BCUT2D eigenvalue weighted by molar-refractivity contribution is -0.121. The van der Waals surface area contributed by atoms with Gasteiger partial charge in [0.15, 0.2) is 10.6 Å². The second-order valence-electron chi connectivity index (χ2n) is 6.32. The predicted octanol–water partition coefficient (Wildman–Crippen LogP) is 3.42. The number of hydrogen-bond donors (Lipinski definition) is 2. The lowest BCUT2D eigenvalue weighted by Gasteiger charge is -2.10. The standard InChI is InChI=1S/C20H22N4O2S/c1-14-6-8-16(9-7-14)19-22-23-20(27)24(19)13-18(25)21-10-11-26-17-5-3-4-15(2)12-17/h3-9,12H,10-11,13H2,1-2H3,(H,21,25)(H,23,27). The van der Waals surface area contributed by atoms with Crippen LogP contribution in [0.5, 0.6) is 5.75 Å². The Hall–Kier alpha value is -2.93. The minimum Gasteiger partial charge on any atom is -0.492 e. The molecular weight excluding hydrogens is 360 g/mol. The van der Waals surface area contributed by atoms with E-state index in [1.165, 1.54) is 0 Å². The van der Waals surface area contributed by atoms with Crippen LogP contribution in [0, 0.1) is 18.6 Å². The van der Waals surface area contributed by atoms with Gasteiger partial charge in [-0.2, -0.15) is 5.10 Å². The molecule has 0 aliphatic heterocycles. The molecule has 2 N–H and O–H groups in total. The fourth-order valence-electron chi connectivity index (χ4n) is 2.65. The fraction of sp³-hybridized carbons (Fsp3) is 0.250. The number of benzene rings is 2. The highest BCUT2D eigenvalue weighted by atomic mass is 32.1. The van der Waals surface area contributed by atoms with Gasteiger partial charge in [0.1, 0.15) is 18.9 Å². The number of aromatic nitrogens is 3. The fourth-order valence-corrected chi connectivity index (χ4v) is 2.85. The molecule has 3 aromatic rings. The molecule has 1 amide bonds. The molecule has 0 unspecified atom stereocenters. The van der Waals surface area contributed by atoms with Crippen molar-refractivity contribution in [3.63, 3.8) is 0 Å². The van der Waals surface area contributed by atoms with Crippen molar-refractivity contribution in [1.29, 1.82) is 0 Å². The molecule has 0 saturated carbocycles. The van der Waals surface area contributed by atoms with Crippen molar-refractivity contribution in [3.05, 3.63) is 64.4 Å². The summed E-state index contributed by atoms with van der Waals surface area (Å²) in [6.45, 7) is 4.94. The average molecular weight is 382 g/mol. The minimum atomic E-state index is -0.145. The number of aromatic amines is 1. The Bertz CT molecular complexity index is 976. The molecule has 27 heavy (non-hydrogen) atoms. The normalized spacial score (nSPS) is 10.6. The van der Waals surface area contributed by atoms with E-state index in [1.807, 2.05) is 62.4 Å². The summed E-state index contributed by atoms with van der Waals surface area (Å²) in [5.74, 6) is 1.29. The molecule has 0 atom stereocenters. The van der Waals surface area contributed by atoms with Crippen LogP contribution < -0.4 is 10.1 Å². The molecule has 0 fully saturated rings. The first-order valence-corrected chi connectivity index (χ1v) is 9.12. The van der Waals surface area contributed by atoms with Gasteiger partial charge in [0.25, 0.3) is 0 Å². The molecule has 0 spiro atoms. The topological polar surface area (TPSA) is 71.9 Å². The zero-order chi connectivity index (χ0) is 19.2. The maximum atomic E-state index is 12.3. The van der Waals surface area contributed by atoms with Crippen molar-refractivity contribution in [1.82, 2.24) is 20.1 Å². The zero-order valence-electron chi connectivity index (χ0n) is 15.4. The van der Waals surface area contributed by atoms with Crippen LogP contribution in [-0.4, -0.2) is 33.8 Å². The van der Waals surface area contributed by atoms with E-state index in [-0.39, 0.29) is 12.5 Å². The Kier molecular flexibility index (Phi) is 6.03. The van der Waals surface area contributed by atoms with E-state index in [2.05, 4.69) is 15.5 Å². The van der Waals surface area contributed by atoms with Crippen LogP contribution in [0.2, 0.25) is 0 Å². The molecule has 0 aliphatic rings. The number of amides is 1. The molecule has 2 aromatic carbocycles. The Morgan fingerprint density at radius 3 is 2.70 bits per heavy atom. The van der Waals surface area contributed by atoms with Gasteiger partial charge in [-0.1, -0.05) is 42.0 Å². The predicted molar refractivity (Wildman–Crippen MR) is 107 cm³/mol. The summed E-state index contributed by atoms with van der Waals surface area (Å²) in [4.78, 5) is 12.3. The van der Waals surface area contributed by atoms with Gasteiger partial charge in [0.2, 0.25) is 5.91 Å². The Morgan fingerprint density at radius 2 is 1.96 bits per heavy atom. The van der Waals surface area contributed by atoms with Gasteiger partial charge in [0, 0.05) is 5.56 Å². The van der Waals surface area contributed by atoms with E-state index >= 15 is 0 Å². The molecule has 0 aliphatic carbocycles. The number of carbonyl (C=O) groups excluding carboxylic acids is 1. The van der Waals surface area contributed by atoms with Gasteiger partial charge < -0.3 is 10.1 Å². The summed E-state index contributed by atoms with van der Waals surface area (Å²) in [6, 6.07) is 15.7. The largest absolute Gasteiger partial charge is 0.492 e. The van der Waals surface area contributed by atoms with Crippen molar-refractivity contribution >= 4 is 18.1 Å². The molecule has 6 nitrogen and oxygen atoms in total. The van der Waals surface area contributed by atoms with Gasteiger partial charge in [-0.25, -0.2) is 0 Å². The van der Waals surface area contributed by atoms with Crippen molar-refractivity contribution in [2.24, 2.45) is 0 Å². The van der Waals surface area contributed by atoms with Gasteiger partial charge in [-0.15, -0.1) is 0 Å². The van der Waals surface area contributed by atoms with Gasteiger partial charge in [-0.3, -0.25) is 14.5 Å². The van der Waals surface area contributed by atoms with Crippen molar-refractivity contribution in [3.8, 4) is 17.1 Å². The van der Waals surface area contributed by atoms with Crippen molar-refractivity contribution in [2.75, 3.05) is 13.2 Å². The highest BCUT2D eigenvalue weighted by molar-refractivity contribution is 7.71. The molecule has 1 heterocycles. The average Bonchev–Trinajstić information content (AvgIpc) is 3.00. The molecule has 7 heteroatoms. The number of aryl methyl sites for hydroxylation is 2. The van der Waals surface area contributed by atoms with E-state index < -0.39 is 0 Å². The van der Waals surface area contributed by atoms with Gasteiger partial charge in [-0.05, 0) is 43.8 Å². The third kappa shape index (κ3) is 5.04. The highest BCUT2D eigenvalue weighted by Crippen LogP contribution is 2.17. The molecule has 3 rings (SSSR count). The van der Waals surface area contributed by atoms with Gasteiger partial charge >= 0.3 is 0 Å². The molecule has 0 saturated heterocycles. The Morgan fingerprint density at radius 1 is 1.19 bits per heavy atom. The Balaban J connectivity index is 1.56. The van der Waals surface area contributed by atoms with Crippen LogP contribution in [0.1, 0.15) is 11.1 Å². The number of carbonyl (C=O) groups is 1. The first kappa shape index (κ1) is 18.8. The second-order valence-corrected chi connectivity index (χ2v) is 6.71. The van der Waals surface area contributed by atoms with Crippen LogP contribution in [0.3, 0.4) is 0 Å². The molecule has 0 radical (unpaired) electrons. The van der Waals surface area contributed by atoms with Crippen LogP contribution in [-0.2, 0) is 11.3 Å². The van der Waals surface area contributed by atoms with Crippen LogP contribution in [0.15, 0.2) is 48.5 Å². The highest BCUT2D eigenvalue weighted by Gasteiger charge is 2.12. The number of nitrogens with one attached hydrogen (secondary N) is 2. The number of ether oxygens (including phenoxy) is 1. The summed E-state index contributed by atoms with van der Waals surface area (Å²) in [5.41, 5.74) is 3.20. The van der Waals surface area contributed by atoms with E-state index in [0.717, 1.165) is 22.4 Å². The molecule has 0 bridgehead atoms. The molecular formula is C20H22N4O2S. The SMILES string of the molecule is Cc1ccc(-c2n[nH]c(=S)n2CC(=O)NCCOc2cccc(C)c2)cc1. The van der Waals surface area contributed by atoms with Crippen LogP contribution in [0.25, 0.3) is 11.4 Å². The van der Waals surface area contributed by atoms with E-state index in [4.69, 9.17) is 17.0 Å². The minimum absolute atomic E-state index is 0.100. The van der Waals surface area contributed by atoms with E-state index in [1.54, 1.807) is 4.57 Å². The summed E-state index contributed by atoms with van der Waals surface area (Å²) < 4.78 is 7.74. The molecule has 1 aromatic heterocycles. The summed E-state index contributed by atoms with van der Waals surface area (Å²) >= 11 is 5.27. The second kappa shape index (κ2) is 8.64. The quantitative estimate of drug-likeness (QED) is 0.485. The maximum absolute atomic E-state index is 12.3. The van der Waals surface area contributed by atoms with Crippen molar-refractivity contribution < 1.29 is 9.53 Å². The third-order valence-electron chi connectivity index (χ3n) is 4.05. The van der Waals surface area contributed by atoms with Gasteiger partial charge in [0.05, 0.1) is 6.54 Å². The lowest BCUT2D eigenvalue weighted by Crippen LogP contribution is -2.31. The number of H-pyrrole nitrogens is 1. The smallest absolute Gasteiger partial charge is 0.240 e. The third-order valence-corrected chi connectivity index (χ3v) is 4.36. The zero-order valence-corrected chi connectivity index (χ0v) is 16.2. The maximum Gasteiger partial charge on any atom is 0.240 e. The first-order chi connectivity index (χ1) is 13.0. The van der Waals surface area contributed by atoms with Crippen molar-refractivity contribution in [2.45, 2.75) is 20.4 Å². The van der Waals surface area contributed by atoms with E-state index in [9.17, 15) is 4.79 Å². The summed E-state index contributed by atoms with van der Waals surface area (Å²) in [7, 11) is 0. The Labute approximate surface area is 163 Å². The summed E-state index contributed by atoms with van der Waals surface area (Å²) in [5, 5.41) is 9.86. The van der Waals surface area contributed by atoms with E-state index in [0.29, 0.717) is 23.7 Å². The number of hydrogen-bond acceptors (Lipinski definition) is 4.